The van der Waals surface area contributed by atoms with Gasteiger partial charge in [-0.15, -0.1) is 0 Å². The summed E-state index contributed by atoms with van der Waals surface area (Å²) in [6, 6.07) is 9.77. The second-order valence-electron chi connectivity index (χ2n) is 5.19. The monoisotopic (exact) mass is 267 g/mol. The van der Waals surface area contributed by atoms with Crippen LogP contribution in [0.1, 0.15) is 20.8 Å². The molecule has 1 amide bonds. The second kappa shape index (κ2) is 5.64. The van der Waals surface area contributed by atoms with Crippen LogP contribution in [0.15, 0.2) is 30.3 Å². The maximum absolute atomic E-state index is 11.0. The van der Waals surface area contributed by atoms with E-state index in [9.17, 15) is 4.79 Å². The highest BCUT2D eigenvalue weighted by atomic mass is 28.4. The Bertz CT molecular complexity index is 402. The first kappa shape index (κ1) is 14.9. The Hall–Kier alpha value is -1.17. The van der Waals surface area contributed by atoms with Crippen LogP contribution < -0.4 is 10.9 Å². The molecule has 5 heteroatoms. The van der Waals surface area contributed by atoms with E-state index in [4.69, 9.17) is 14.6 Å². The summed E-state index contributed by atoms with van der Waals surface area (Å²) in [6.45, 7) is 6.04. The highest BCUT2D eigenvalue weighted by Crippen LogP contribution is 2.36. The summed E-state index contributed by atoms with van der Waals surface area (Å²) in [5.41, 5.74) is 5.18. The van der Waals surface area contributed by atoms with E-state index in [1.807, 2.05) is 30.3 Å². The van der Waals surface area contributed by atoms with Gasteiger partial charge < -0.3 is 14.6 Å². The van der Waals surface area contributed by atoms with Crippen LogP contribution in [0.2, 0.25) is 5.04 Å². The Morgan fingerprint density at radius 2 is 1.83 bits per heavy atom. The predicted octanol–water partition coefficient (Wildman–Crippen LogP) is 1.28. The minimum absolute atomic E-state index is 0.119. The minimum Gasteiger partial charge on any atom is -0.394 e. The average molecular weight is 267 g/mol. The summed E-state index contributed by atoms with van der Waals surface area (Å²) in [5, 5.41) is 0.791. The van der Waals surface area contributed by atoms with Gasteiger partial charge in [0.15, 0.2) is 0 Å². The van der Waals surface area contributed by atoms with Gasteiger partial charge in [0.1, 0.15) is 6.61 Å². The highest BCUT2D eigenvalue weighted by molar-refractivity contribution is 6.83. The van der Waals surface area contributed by atoms with Crippen molar-refractivity contribution in [3.05, 3.63) is 30.3 Å². The van der Waals surface area contributed by atoms with Crippen LogP contribution in [0, 0.1) is 0 Å². The van der Waals surface area contributed by atoms with Gasteiger partial charge in [-0.1, -0.05) is 51.1 Å². The number of hydrogen-bond donors (Lipinski definition) is 1. The molecule has 0 aliphatic rings. The molecule has 0 aliphatic carbocycles. The van der Waals surface area contributed by atoms with Gasteiger partial charge in [0.05, 0.1) is 0 Å². The zero-order valence-electron chi connectivity index (χ0n) is 11.4. The largest absolute Gasteiger partial charge is 0.394 e. The summed E-state index contributed by atoms with van der Waals surface area (Å²) in [6.07, 6.45) is 0. The Kier molecular flexibility index (Phi) is 4.67. The zero-order valence-corrected chi connectivity index (χ0v) is 12.4. The fraction of sp³-hybridized carbons (Fsp3) is 0.462. The van der Waals surface area contributed by atoms with E-state index in [-0.39, 0.29) is 11.6 Å². The Balaban J connectivity index is 3.19. The highest BCUT2D eigenvalue weighted by Gasteiger charge is 2.50. The number of rotatable bonds is 5. The van der Waals surface area contributed by atoms with Gasteiger partial charge in [-0.3, -0.25) is 4.79 Å². The molecule has 0 saturated heterocycles. The molecule has 0 fully saturated rings. The topological polar surface area (TPSA) is 61.6 Å². The Morgan fingerprint density at radius 1 is 1.28 bits per heavy atom. The third-order valence-electron chi connectivity index (χ3n) is 2.85. The first-order chi connectivity index (χ1) is 8.33. The lowest BCUT2D eigenvalue weighted by atomic mass is 10.2. The average Bonchev–Trinajstić information content (AvgIpc) is 2.29. The maximum atomic E-state index is 11.0. The third kappa shape index (κ3) is 2.98. The van der Waals surface area contributed by atoms with E-state index >= 15 is 0 Å². The van der Waals surface area contributed by atoms with Gasteiger partial charge in [0.2, 0.25) is 5.91 Å². The lowest BCUT2D eigenvalue weighted by Crippen LogP contribution is -2.60. The predicted molar refractivity (Wildman–Crippen MR) is 73.7 cm³/mol. The van der Waals surface area contributed by atoms with Crippen LogP contribution in [-0.4, -0.2) is 28.2 Å². The van der Waals surface area contributed by atoms with E-state index in [0.29, 0.717) is 0 Å². The molecule has 2 N–H and O–H groups in total. The number of amides is 1. The van der Waals surface area contributed by atoms with Gasteiger partial charge in [-0.25, -0.2) is 0 Å². The normalized spacial score (nSPS) is 15.1. The van der Waals surface area contributed by atoms with Crippen molar-refractivity contribution in [1.29, 1.82) is 0 Å². The van der Waals surface area contributed by atoms with Crippen molar-refractivity contribution in [2.45, 2.75) is 25.8 Å². The molecule has 1 atom stereocenters. The smallest absolute Gasteiger partial charge is 0.378 e. The molecule has 0 heterocycles. The fourth-order valence-corrected chi connectivity index (χ4v) is 5.45. The molecular formula is C13H21NO3Si. The summed E-state index contributed by atoms with van der Waals surface area (Å²) in [5.74, 6) is -0.482. The number of primary amides is 1. The lowest BCUT2D eigenvalue weighted by molar-refractivity contribution is -0.120. The fourth-order valence-electron chi connectivity index (χ4n) is 2.05. The van der Waals surface area contributed by atoms with Crippen molar-refractivity contribution >= 4 is 19.7 Å². The molecule has 1 aromatic rings. The molecule has 100 valence electrons. The Labute approximate surface area is 109 Å². The van der Waals surface area contributed by atoms with E-state index in [2.05, 4.69) is 20.8 Å². The van der Waals surface area contributed by atoms with Crippen molar-refractivity contribution in [2.24, 2.45) is 5.73 Å². The van der Waals surface area contributed by atoms with Gasteiger partial charge in [0.25, 0.3) is 0 Å². The number of benzene rings is 1. The van der Waals surface area contributed by atoms with E-state index in [1.165, 1.54) is 0 Å². The number of carbonyl (C=O) groups is 1. The molecule has 18 heavy (non-hydrogen) atoms. The van der Waals surface area contributed by atoms with Crippen molar-refractivity contribution in [3.8, 4) is 0 Å². The van der Waals surface area contributed by atoms with Crippen LogP contribution in [0.5, 0.6) is 0 Å². The molecule has 4 nitrogen and oxygen atoms in total. The third-order valence-corrected chi connectivity index (χ3v) is 7.04. The van der Waals surface area contributed by atoms with E-state index in [1.54, 1.807) is 7.11 Å². The van der Waals surface area contributed by atoms with Crippen molar-refractivity contribution in [3.63, 3.8) is 0 Å². The summed E-state index contributed by atoms with van der Waals surface area (Å²) < 4.78 is 11.6. The molecule has 1 rings (SSSR count). The number of nitrogens with two attached hydrogens (primary N) is 1. The standard InChI is InChI=1S/C13H21NO3Si/c1-13(2,3)18(16-4,17-10-12(14)15)11-8-6-5-7-9-11/h5-9H,10H2,1-4H3,(H2,14,15). The molecule has 0 aromatic heterocycles. The van der Waals surface area contributed by atoms with Crippen LogP contribution in [-0.2, 0) is 13.6 Å². The second-order valence-corrected chi connectivity index (χ2v) is 9.20. The maximum Gasteiger partial charge on any atom is 0.378 e. The number of hydrogen-bond acceptors (Lipinski definition) is 3. The molecule has 0 bridgehead atoms. The van der Waals surface area contributed by atoms with Gasteiger partial charge >= 0.3 is 8.56 Å². The quantitative estimate of drug-likeness (QED) is 0.818. The summed E-state index contributed by atoms with van der Waals surface area (Å²) >= 11 is 0. The summed E-state index contributed by atoms with van der Waals surface area (Å²) in [7, 11) is -1.08. The molecule has 0 radical (unpaired) electrons. The van der Waals surface area contributed by atoms with Gasteiger partial charge in [0, 0.05) is 12.1 Å². The van der Waals surface area contributed by atoms with Crippen LogP contribution >= 0.6 is 0 Å². The van der Waals surface area contributed by atoms with Crippen LogP contribution in [0.3, 0.4) is 0 Å². The van der Waals surface area contributed by atoms with Crippen molar-refractivity contribution < 1.29 is 13.6 Å². The van der Waals surface area contributed by atoms with Crippen LogP contribution in [0.25, 0.3) is 0 Å². The molecule has 1 unspecified atom stereocenters. The Morgan fingerprint density at radius 3 is 2.22 bits per heavy atom. The van der Waals surface area contributed by atoms with E-state index < -0.39 is 14.5 Å². The number of carbonyl (C=O) groups excluding carboxylic acids is 1. The SMILES string of the molecule is CO[Si](OCC(N)=O)(c1ccccc1)C(C)(C)C. The summed E-state index contributed by atoms with van der Waals surface area (Å²) in [4.78, 5) is 11.0. The zero-order chi connectivity index (χ0) is 13.8. The first-order valence-corrected chi connectivity index (χ1v) is 7.68. The molecule has 0 spiro atoms. The molecule has 0 aliphatic heterocycles. The van der Waals surface area contributed by atoms with Crippen LogP contribution in [0.4, 0.5) is 0 Å². The minimum atomic E-state index is -2.71. The van der Waals surface area contributed by atoms with Gasteiger partial charge in [-0.05, 0) is 5.19 Å². The molecule has 1 aromatic carbocycles. The first-order valence-electron chi connectivity index (χ1n) is 5.86. The molecule has 0 saturated carbocycles. The van der Waals surface area contributed by atoms with Gasteiger partial charge in [-0.2, -0.15) is 0 Å². The van der Waals surface area contributed by atoms with Crippen molar-refractivity contribution in [1.82, 2.24) is 0 Å². The molecular weight excluding hydrogens is 246 g/mol. The van der Waals surface area contributed by atoms with Crippen molar-refractivity contribution in [2.75, 3.05) is 13.7 Å². The lowest BCUT2D eigenvalue weighted by Gasteiger charge is -2.39. The van der Waals surface area contributed by atoms with E-state index in [0.717, 1.165) is 5.19 Å².